The second-order valence-electron chi connectivity index (χ2n) is 6.82. The van der Waals surface area contributed by atoms with E-state index in [-0.39, 0.29) is 18.4 Å². The molecule has 0 radical (unpaired) electrons. The van der Waals surface area contributed by atoms with Gasteiger partial charge in [0.1, 0.15) is 0 Å². The Morgan fingerprint density at radius 1 is 1.00 bits per heavy atom. The third kappa shape index (κ3) is 4.85. The molecule has 1 heterocycles. The smallest absolute Gasteiger partial charge is 0.251 e. The lowest BCUT2D eigenvalue weighted by atomic mass is 9.90. The molecule has 0 aromatic heterocycles. The van der Waals surface area contributed by atoms with E-state index in [0.29, 0.717) is 17.2 Å². The van der Waals surface area contributed by atoms with Gasteiger partial charge in [-0.25, -0.2) is 0 Å². The number of likely N-dealkylation sites (tertiary alicyclic amines) is 1. The Kier molecular flexibility index (Phi) is 5.89. The van der Waals surface area contributed by atoms with Gasteiger partial charge in [-0.2, -0.15) is 0 Å². The molecule has 0 unspecified atom stereocenters. The Hall–Kier alpha value is -2.82. The van der Waals surface area contributed by atoms with Crippen LogP contribution in [-0.2, 0) is 11.2 Å². The number of amides is 2. The van der Waals surface area contributed by atoms with Gasteiger partial charge in [-0.3, -0.25) is 9.59 Å². The van der Waals surface area contributed by atoms with Crippen molar-refractivity contribution in [1.29, 1.82) is 0 Å². The summed E-state index contributed by atoms with van der Waals surface area (Å²) in [6.07, 6.45) is 3.08. The van der Waals surface area contributed by atoms with Gasteiger partial charge in [-0.1, -0.05) is 30.3 Å². The minimum atomic E-state index is -0.252. The number of nitrogens with zero attached hydrogens (tertiary/aromatic N) is 1. The average molecular weight is 351 g/mol. The van der Waals surface area contributed by atoms with Crippen molar-refractivity contribution in [3.63, 3.8) is 0 Å². The van der Waals surface area contributed by atoms with Gasteiger partial charge in [-0.05, 0) is 55.0 Å². The van der Waals surface area contributed by atoms with Crippen LogP contribution in [0.5, 0.6) is 0 Å². The molecule has 0 bridgehead atoms. The number of anilines is 1. The second-order valence-corrected chi connectivity index (χ2v) is 6.82. The molecule has 3 N–H and O–H groups in total. The number of hydrogen-bond donors (Lipinski definition) is 2. The molecule has 136 valence electrons. The minimum Gasteiger partial charge on any atom is -0.399 e. The molecular weight excluding hydrogens is 326 g/mol. The van der Waals surface area contributed by atoms with E-state index < -0.39 is 0 Å². The molecule has 0 spiro atoms. The Labute approximate surface area is 154 Å². The van der Waals surface area contributed by atoms with Gasteiger partial charge in [0, 0.05) is 24.3 Å². The van der Waals surface area contributed by atoms with E-state index >= 15 is 0 Å². The molecule has 2 amide bonds. The summed E-state index contributed by atoms with van der Waals surface area (Å²) in [6.45, 7) is 1.55. The van der Waals surface area contributed by atoms with Gasteiger partial charge in [0.25, 0.3) is 5.91 Å². The SMILES string of the molecule is Nc1ccc(C(=O)NCC(=O)N2CCC(Cc3ccccc3)CC2)cc1. The summed E-state index contributed by atoms with van der Waals surface area (Å²) < 4.78 is 0. The van der Waals surface area contributed by atoms with E-state index in [0.717, 1.165) is 32.4 Å². The number of hydrogen-bond acceptors (Lipinski definition) is 3. The molecule has 1 saturated heterocycles. The van der Waals surface area contributed by atoms with Gasteiger partial charge in [0.15, 0.2) is 0 Å². The monoisotopic (exact) mass is 351 g/mol. The van der Waals surface area contributed by atoms with Gasteiger partial charge in [0.2, 0.25) is 5.91 Å². The maximum atomic E-state index is 12.3. The average Bonchev–Trinajstić information content (AvgIpc) is 2.68. The van der Waals surface area contributed by atoms with Crippen molar-refractivity contribution in [3.05, 3.63) is 65.7 Å². The standard InChI is InChI=1S/C21H25N3O2/c22-19-8-6-18(7-9-19)21(26)23-15-20(25)24-12-10-17(11-13-24)14-16-4-2-1-3-5-16/h1-9,17H,10-15,22H2,(H,23,26). The molecule has 1 fully saturated rings. The molecule has 3 rings (SSSR count). The fraction of sp³-hybridized carbons (Fsp3) is 0.333. The quantitative estimate of drug-likeness (QED) is 0.813. The second kappa shape index (κ2) is 8.52. The first-order chi connectivity index (χ1) is 12.6. The minimum absolute atomic E-state index is 0.0213. The van der Waals surface area contributed by atoms with Crippen LogP contribution in [0.2, 0.25) is 0 Å². The number of piperidine rings is 1. The number of rotatable bonds is 5. The van der Waals surface area contributed by atoms with Crippen LogP contribution in [0.15, 0.2) is 54.6 Å². The zero-order valence-corrected chi connectivity index (χ0v) is 14.9. The Morgan fingerprint density at radius 3 is 2.31 bits per heavy atom. The first-order valence-corrected chi connectivity index (χ1v) is 9.07. The molecule has 2 aromatic carbocycles. The van der Waals surface area contributed by atoms with Crippen LogP contribution in [0.3, 0.4) is 0 Å². The lowest BCUT2D eigenvalue weighted by molar-refractivity contribution is -0.131. The number of nitrogens with one attached hydrogen (secondary N) is 1. The molecule has 26 heavy (non-hydrogen) atoms. The van der Waals surface area contributed by atoms with E-state index in [1.807, 2.05) is 11.0 Å². The highest BCUT2D eigenvalue weighted by atomic mass is 16.2. The van der Waals surface area contributed by atoms with Gasteiger partial charge in [-0.15, -0.1) is 0 Å². The Bertz CT molecular complexity index is 736. The third-order valence-corrected chi connectivity index (χ3v) is 4.91. The van der Waals surface area contributed by atoms with E-state index in [2.05, 4.69) is 29.6 Å². The predicted octanol–water partition coefficient (Wildman–Crippen LogP) is 2.48. The maximum absolute atomic E-state index is 12.3. The zero-order valence-electron chi connectivity index (χ0n) is 14.9. The van der Waals surface area contributed by atoms with Crippen LogP contribution >= 0.6 is 0 Å². The van der Waals surface area contributed by atoms with E-state index in [1.165, 1.54) is 5.56 Å². The third-order valence-electron chi connectivity index (χ3n) is 4.91. The Morgan fingerprint density at radius 2 is 1.65 bits per heavy atom. The van der Waals surface area contributed by atoms with Crippen molar-refractivity contribution >= 4 is 17.5 Å². The van der Waals surface area contributed by atoms with Crippen LogP contribution in [0.1, 0.15) is 28.8 Å². The van der Waals surface area contributed by atoms with Crippen molar-refractivity contribution in [2.45, 2.75) is 19.3 Å². The number of carbonyl (C=O) groups is 2. The molecule has 5 heteroatoms. The number of nitrogen functional groups attached to an aromatic ring is 1. The topological polar surface area (TPSA) is 75.4 Å². The van der Waals surface area contributed by atoms with Crippen molar-refractivity contribution < 1.29 is 9.59 Å². The molecular formula is C21H25N3O2. The van der Waals surface area contributed by atoms with Gasteiger partial charge < -0.3 is 16.0 Å². The van der Waals surface area contributed by atoms with Crippen molar-refractivity contribution in [1.82, 2.24) is 10.2 Å². The largest absolute Gasteiger partial charge is 0.399 e. The zero-order chi connectivity index (χ0) is 18.4. The molecule has 1 aliphatic rings. The first kappa shape index (κ1) is 18.0. The highest BCUT2D eigenvalue weighted by Gasteiger charge is 2.23. The van der Waals surface area contributed by atoms with Crippen LogP contribution in [0.25, 0.3) is 0 Å². The summed E-state index contributed by atoms with van der Waals surface area (Å²) in [4.78, 5) is 26.3. The van der Waals surface area contributed by atoms with Crippen molar-refractivity contribution in [3.8, 4) is 0 Å². The van der Waals surface area contributed by atoms with Crippen LogP contribution in [0, 0.1) is 5.92 Å². The molecule has 5 nitrogen and oxygen atoms in total. The normalized spacial score (nSPS) is 14.8. The predicted molar refractivity (Wildman–Crippen MR) is 103 cm³/mol. The summed E-state index contributed by atoms with van der Waals surface area (Å²) in [5.41, 5.74) is 8.08. The summed E-state index contributed by atoms with van der Waals surface area (Å²) in [6, 6.07) is 17.1. The molecule has 2 aromatic rings. The van der Waals surface area contributed by atoms with Crippen LogP contribution in [0.4, 0.5) is 5.69 Å². The number of benzene rings is 2. The number of nitrogens with two attached hydrogens (primary N) is 1. The van der Waals surface area contributed by atoms with Crippen molar-refractivity contribution in [2.24, 2.45) is 5.92 Å². The highest BCUT2D eigenvalue weighted by molar-refractivity contribution is 5.96. The summed E-state index contributed by atoms with van der Waals surface area (Å²) >= 11 is 0. The lowest BCUT2D eigenvalue weighted by Crippen LogP contribution is -2.44. The molecule has 0 aliphatic carbocycles. The summed E-state index contributed by atoms with van der Waals surface area (Å²) in [5.74, 6) is 0.343. The van der Waals surface area contributed by atoms with E-state index in [9.17, 15) is 9.59 Å². The van der Waals surface area contributed by atoms with E-state index in [1.54, 1.807) is 24.3 Å². The van der Waals surface area contributed by atoms with Gasteiger partial charge in [0.05, 0.1) is 6.54 Å². The first-order valence-electron chi connectivity index (χ1n) is 9.07. The van der Waals surface area contributed by atoms with Crippen LogP contribution < -0.4 is 11.1 Å². The molecule has 1 aliphatic heterocycles. The molecule has 0 saturated carbocycles. The van der Waals surface area contributed by atoms with Crippen molar-refractivity contribution in [2.75, 3.05) is 25.4 Å². The fourth-order valence-corrected chi connectivity index (χ4v) is 3.34. The summed E-state index contributed by atoms with van der Waals surface area (Å²) in [5, 5.41) is 2.70. The summed E-state index contributed by atoms with van der Waals surface area (Å²) in [7, 11) is 0. The highest BCUT2D eigenvalue weighted by Crippen LogP contribution is 2.21. The van der Waals surface area contributed by atoms with Gasteiger partial charge >= 0.3 is 0 Å². The maximum Gasteiger partial charge on any atom is 0.251 e. The fourth-order valence-electron chi connectivity index (χ4n) is 3.34. The van der Waals surface area contributed by atoms with Crippen LogP contribution in [-0.4, -0.2) is 36.3 Å². The number of carbonyl (C=O) groups excluding carboxylic acids is 2. The van der Waals surface area contributed by atoms with E-state index in [4.69, 9.17) is 5.73 Å². The Balaban J connectivity index is 1.42. The lowest BCUT2D eigenvalue weighted by Gasteiger charge is -2.32. The molecule has 0 atom stereocenters.